The lowest BCUT2D eigenvalue weighted by Gasteiger charge is -2.49. The second-order valence-corrected chi connectivity index (χ2v) is 13.7. The van der Waals surface area contributed by atoms with Crippen LogP contribution in [0.2, 0.25) is 5.02 Å². The van der Waals surface area contributed by atoms with Gasteiger partial charge in [0, 0.05) is 10.8 Å². The largest absolute Gasteiger partial charge is 0.504 e. The van der Waals surface area contributed by atoms with Gasteiger partial charge in [0.1, 0.15) is 5.82 Å². The molecule has 2 saturated heterocycles. The van der Waals surface area contributed by atoms with Gasteiger partial charge in [-0.15, -0.1) is 11.3 Å². The summed E-state index contributed by atoms with van der Waals surface area (Å²) >= 11 is 7.55. The van der Waals surface area contributed by atoms with Crippen molar-refractivity contribution in [1.82, 2.24) is 4.90 Å². The first-order valence-electron chi connectivity index (χ1n) is 14.9. The van der Waals surface area contributed by atoms with Crippen LogP contribution in [0.4, 0.5) is 10.1 Å². The zero-order valence-corrected chi connectivity index (χ0v) is 26.1. The first-order chi connectivity index (χ1) is 21.6. The minimum absolute atomic E-state index is 0.0652. The highest BCUT2D eigenvalue weighted by molar-refractivity contribution is 7.09. The number of hydrogen-bond acceptors (Lipinski definition) is 7. The molecule has 1 aromatic heterocycles. The summed E-state index contributed by atoms with van der Waals surface area (Å²) < 4.78 is 19.8. The van der Waals surface area contributed by atoms with E-state index in [9.17, 15) is 28.7 Å². The Morgan fingerprint density at radius 3 is 2.58 bits per heavy atom. The van der Waals surface area contributed by atoms with Gasteiger partial charge in [0.2, 0.25) is 23.6 Å². The summed E-state index contributed by atoms with van der Waals surface area (Å²) in [4.78, 5) is 59.8. The Labute approximate surface area is 268 Å². The minimum Gasteiger partial charge on any atom is -0.504 e. The van der Waals surface area contributed by atoms with Crippen molar-refractivity contribution in [3.05, 3.63) is 86.8 Å². The second-order valence-electron chi connectivity index (χ2n) is 12.3. The van der Waals surface area contributed by atoms with Crippen molar-refractivity contribution < 1.29 is 33.4 Å². The number of nitrogens with zero attached hydrogens (tertiary/aromatic N) is 2. The van der Waals surface area contributed by atoms with Crippen molar-refractivity contribution in [2.75, 3.05) is 11.5 Å². The van der Waals surface area contributed by atoms with Gasteiger partial charge in [-0.1, -0.05) is 35.4 Å². The lowest BCUT2D eigenvalue weighted by molar-refractivity contribution is -0.141. The first-order valence-corrected chi connectivity index (χ1v) is 16.2. The lowest BCUT2D eigenvalue weighted by atomic mass is 9.51. The Hall–Kier alpha value is -4.02. The van der Waals surface area contributed by atoms with Gasteiger partial charge in [-0.25, -0.2) is 9.29 Å². The number of aromatic hydroxyl groups is 1. The molecule has 1 saturated carbocycles. The van der Waals surface area contributed by atoms with E-state index in [1.165, 1.54) is 34.4 Å². The zero-order chi connectivity index (χ0) is 31.8. The number of carbonyl (C=O) groups is 4. The van der Waals surface area contributed by atoms with Crippen LogP contribution in [0.5, 0.6) is 11.5 Å². The van der Waals surface area contributed by atoms with Gasteiger partial charge in [0.25, 0.3) is 0 Å². The molecule has 2 aliphatic carbocycles. The van der Waals surface area contributed by atoms with Crippen LogP contribution in [0.25, 0.3) is 0 Å². The summed E-state index contributed by atoms with van der Waals surface area (Å²) in [5.41, 5.74) is 0.332. The predicted molar refractivity (Wildman–Crippen MR) is 165 cm³/mol. The fraction of sp³-hybridized carbons (Fsp3) is 0.353. The van der Waals surface area contributed by atoms with Crippen molar-refractivity contribution >= 4 is 52.3 Å². The summed E-state index contributed by atoms with van der Waals surface area (Å²) in [6.07, 6.45) is 2.49. The van der Waals surface area contributed by atoms with E-state index >= 15 is 0 Å². The van der Waals surface area contributed by atoms with Crippen molar-refractivity contribution in [2.24, 2.45) is 29.1 Å². The van der Waals surface area contributed by atoms with E-state index in [1.54, 1.807) is 26.0 Å². The Kier molecular flexibility index (Phi) is 7.13. The van der Waals surface area contributed by atoms with E-state index in [4.69, 9.17) is 16.3 Å². The van der Waals surface area contributed by atoms with E-state index in [1.807, 2.05) is 23.6 Å². The van der Waals surface area contributed by atoms with Crippen molar-refractivity contribution in [3.8, 4) is 11.5 Å². The number of imide groups is 2. The molecular weight excluding hydrogens is 619 g/mol. The third kappa shape index (κ3) is 4.36. The zero-order valence-electron chi connectivity index (χ0n) is 24.5. The maximum atomic E-state index is 14.5. The molecule has 4 amide bonds. The normalized spacial score (nSPS) is 29.1. The Balaban J connectivity index is 1.36. The number of rotatable bonds is 6. The quantitative estimate of drug-likeness (QED) is 0.257. The number of likely N-dealkylation sites (tertiary alicyclic amines) is 1. The fourth-order valence-electron chi connectivity index (χ4n) is 8.03. The van der Waals surface area contributed by atoms with Crippen LogP contribution in [-0.2, 0) is 25.7 Å². The summed E-state index contributed by atoms with van der Waals surface area (Å²) in [7, 11) is 0. The molecule has 3 heterocycles. The van der Waals surface area contributed by atoms with Crippen molar-refractivity contribution in [2.45, 2.75) is 39.2 Å². The molecule has 8 nitrogen and oxygen atoms in total. The lowest BCUT2D eigenvalue weighted by Crippen LogP contribution is -2.48. The number of anilines is 1. The number of allylic oxidation sites excluding steroid dienone is 2. The van der Waals surface area contributed by atoms with Gasteiger partial charge < -0.3 is 9.84 Å². The maximum absolute atomic E-state index is 14.5. The number of benzene rings is 2. The predicted octanol–water partition coefficient (Wildman–Crippen LogP) is 6.08. The van der Waals surface area contributed by atoms with Crippen LogP contribution in [0, 0.1) is 34.9 Å². The summed E-state index contributed by atoms with van der Waals surface area (Å²) in [5, 5.41) is 12.2. The van der Waals surface area contributed by atoms with Crippen LogP contribution in [0.3, 0.4) is 0 Å². The molecule has 11 heteroatoms. The molecule has 45 heavy (non-hydrogen) atoms. The number of phenolic OH excluding ortho intramolecular Hbond substituents is 1. The first kappa shape index (κ1) is 29.7. The number of amides is 4. The number of halogens is 2. The molecule has 0 spiro atoms. The molecule has 0 unspecified atom stereocenters. The summed E-state index contributed by atoms with van der Waals surface area (Å²) in [6.45, 7) is 4.04. The highest BCUT2D eigenvalue weighted by Gasteiger charge is 2.67. The molecule has 6 atom stereocenters. The van der Waals surface area contributed by atoms with Gasteiger partial charge in [0.15, 0.2) is 11.5 Å². The monoisotopic (exact) mass is 648 g/mol. The van der Waals surface area contributed by atoms with E-state index in [0.717, 1.165) is 21.4 Å². The molecule has 0 bridgehead atoms. The molecular formula is C34H30ClFN2O6S. The van der Waals surface area contributed by atoms with Crippen LogP contribution in [0.1, 0.15) is 43.0 Å². The topological polar surface area (TPSA) is 104 Å². The average molecular weight is 649 g/mol. The number of fused-ring (bicyclic) bond motifs is 4. The average Bonchev–Trinajstić information content (AvgIpc) is 3.67. The minimum atomic E-state index is -1.30. The standard InChI is InChI=1S/C34H30ClFN2O6S/c1-3-44-27-13-17(6-11-26(27)39)29-20-8-9-21-28(32(42)37(30(21)40)16-19-5-4-12-45-19)22(20)15-23-31(41)38(33(43)34(23,29)2)18-7-10-25(36)24(35)14-18/h4-8,10-14,21-23,28-29,39H,3,9,15-16H2,1-2H3/t21-,22+,23-,28-,29-,34+/m0/s1. The van der Waals surface area contributed by atoms with Gasteiger partial charge in [-0.05, 0) is 79.9 Å². The number of hydrogen-bond donors (Lipinski definition) is 1. The van der Waals surface area contributed by atoms with Crippen LogP contribution in [0.15, 0.2) is 65.6 Å². The van der Waals surface area contributed by atoms with Crippen LogP contribution < -0.4 is 9.64 Å². The van der Waals surface area contributed by atoms with Gasteiger partial charge in [0.05, 0.1) is 47.0 Å². The Morgan fingerprint density at radius 2 is 1.87 bits per heavy atom. The maximum Gasteiger partial charge on any atom is 0.241 e. The molecule has 232 valence electrons. The van der Waals surface area contributed by atoms with Crippen LogP contribution in [-0.4, -0.2) is 40.2 Å². The molecule has 3 fully saturated rings. The molecule has 0 radical (unpaired) electrons. The molecule has 4 aliphatic rings. The number of thiophene rings is 1. The molecule has 2 aliphatic heterocycles. The summed E-state index contributed by atoms with van der Waals surface area (Å²) in [6, 6.07) is 12.4. The summed E-state index contributed by atoms with van der Waals surface area (Å²) in [5.74, 6) is -5.16. The third-order valence-corrected chi connectivity index (χ3v) is 11.2. The Morgan fingerprint density at radius 1 is 1.07 bits per heavy atom. The highest BCUT2D eigenvalue weighted by atomic mass is 35.5. The smallest absolute Gasteiger partial charge is 0.241 e. The number of carbonyl (C=O) groups excluding carboxylic acids is 4. The van der Waals surface area contributed by atoms with Gasteiger partial charge in [-0.3, -0.25) is 24.1 Å². The molecule has 7 rings (SSSR count). The highest BCUT2D eigenvalue weighted by Crippen LogP contribution is 2.64. The van der Waals surface area contributed by atoms with E-state index < -0.39 is 52.6 Å². The van der Waals surface area contributed by atoms with Crippen LogP contribution >= 0.6 is 22.9 Å². The van der Waals surface area contributed by atoms with Crippen molar-refractivity contribution in [1.29, 1.82) is 0 Å². The number of phenols is 1. The van der Waals surface area contributed by atoms with Gasteiger partial charge in [-0.2, -0.15) is 0 Å². The molecule has 1 N–H and O–H groups in total. The third-order valence-electron chi connectivity index (χ3n) is 10.0. The fourth-order valence-corrected chi connectivity index (χ4v) is 8.89. The van der Waals surface area contributed by atoms with E-state index in [2.05, 4.69) is 0 Å². The second kappa shape index (κ2) is 10.8. The molecule has 2 aromatic carbocycles. The van der Waals surface area contributed by atoms with Crippen molar-refractivity contribution in [3.63, 3.8) is 0 Å². The number of ether oxygens (including phenoxy) is 1. The Bertz CT molecular complexity index is 1790. The van der Waals surface area contributed by atoms with E-state index in [0.29, 0.717) is 18.6 Å². The molecule has 3 aromatic rings. The van der Waals surface area contributed by atoms with E-state index in [-0.39, 0.29) is 47.0 Å². The SMILES string of the molecule is CCOc1cc([C@H]2C3=CC[C@@H]4C(=O)N(Cc5cccs5)C(=O)[C@@H]4[C@@H]3C[C@H]3C(=O)N(c4ccc(F)c(Cl)c4)C(=O)[C@@]23C)ccc1O. The van der Waals surface area contributed by atoms with Gasteiger partial charge >= 0.3 is 0 Å².